The highest BCUT2D eigenvalue weighted by atomic mass is 35.5. The highest BCUT2D eigenvalue weighted by Crippen LogP contribution is 2.36. The lowest BCUT2D eigenvalue weighted by atomic mass is 10.1. The molecule has 0 amide bonds. The molecule has 0 aliphatic rings. The first-order valence-electron chi connectivity index (χ1n) is 6.98. The predicted molar refractivity (Wildman–Crippen MR) is 85.2 cm³/mol. The van der Waals surface area contributed by atoms with Crippen molar-refractivity contribution in [3.8, 4) is 11.5 Å². The Hall–Kier alpha value is -2.20. The lowest BCUT2D eigenvalue weighted by Gasteiger charge is -2.14. The van der Waals surface area contributed by atoms with Crippen molar-refractivity contribution >= 4 is 17.6 Å². The van der Waals surface area contributed by atoms with Crippen LogP contribution in [0, 0.1) is 0 Å². The molecule has 0 saturated heterocycles. The van der Waals surface area contributed by atoms with Crippen molar-refractivity contribution in [1.29, 1.82) is 0 Å². The van der Waals surface area contributed by atoms with Crippen molar-refractivity contribution in [1.82, 2.24) is 0 Å². The second-order valence-electron chi connectivity index (χ2n) is 4.61. The van der Waals surface area contributed by atoms with Crippen LogP contribution in [-0.2, 0) is 6.42 Å². The number of halogens is 1. The van der Waals surface area contributed by atoms with Gasteiger partial charge in [0.2, 0.25) is 0 Å². The van der Waals surface area contributed by atoms with E-state index in [-0.39, 0.29) is 10.6 Å². The normalized spacial score (nSPS) is 10.3. The van der Waals surface area contributed by atoms with Gasteiger partial charge >= 0.3 is 5.97 Å². The number of aromatic carboxylic acids is 1. The van der Waals surface area contributed by atoms with Gasteiger partial charge in [0.15, 0.2) is 11.5 Å². The third kappa shape index (κ3) is 4.15. The molecule has 5 heteroatoms. The molecule has 2 rings (SSSR count). The maximum absolute atomic E-state index is 11.1. The van der Waals surface area contributed by atoms with Gasteiger partial charge in [-0.05, 0) is 24.6 Å². The molecule has 0 aromatic heterocycles. The van der Waals surface area contributed by atoms with Gasteiger partial charge in [-0.25, -0.2) is 4.79 Å². The molecule has 0 bridgehead atoms. The standard InChI is InChI=1S/C17H17ClO4/c1-2-21-15-11-13(17(19)20)10-14(18)16(15)22-9-8-12-6-4-3-5-7-12/h3-7,10-11H,2,8-9H2,1H3,(H,19,20). The minimum absolute atomic E-state index is 0.0730. The van der Waals surface area contributed by atoms with Crippen LogP contribution in [0.2, 0.25) is 5.02 Å². The van der Waals surface area contributed by atoms with Crippen LogP contribution in [0.25, 0.3) is 0 Å². The van der Waals surface area contributed by atoms with Gasteiger partial charge in [-0.2, -0.15) is 0 Å². The maximum Gasteiger partial charge on any atom is 0.335 e. The lowest BCUT2D eigenvalue weighted by Crippen LogP contribution is -2.06. The molecular weight excluding hydrogens is 304 g/mol. The zero-order valence-corrected chi connectivity index (χ0v) is 13.0. The summed E-state index contributed by atoms with van der Waals surface area (Å²) in [6.45, 7) is 2.64. The number of rotatable bonds is 7. The Morgan fingerprint density at radius 3 is 2.55 bits per heavy atom. The van der Waals surface area contributed by atoms with Crippen LogP contribution in [0.3, 0.4) is 0 Å². The number of carboxylic acids is 1. The molecule has 0 unspecified atom stereocenters. The van der Waals surface area contributed by atoms with Crippen LogP contribution in [0.4, 0.5) is 0 Å². The summed E-state index contributed by atoms with van der Waals surface area (Å²) in [4.78, 5) is 11.1. The van der Waals surface area contributed by atoms with E-state index in [2.05, 4.69) is 0 Å². The molecule has 22 heavy (non-hydrogen) atoms. The van der Waals surface area contributed by atoms with Crippen LogP contribution in [-0.4, -0.2) is 24.3 Å². The molecule has 2 aromatic rings. The van der Waals surface area contributed by atoms with Gasteiger partial charge in [-0.15, -0.1) is 0 Å². The van der Waals surface area contributed by atoms with Gasteiger partial charge in [-0.3, -0.25) is 0 Å². The fourth-order valence-electron chi connectivity index (χ4n) is 2.01. The second-order valence-corrected chi connectivity index (χ2v) is 5.01. The van der Waals surface area contributed by atoms with Gasteiger partial charge < -0.3 is 14.6 Å². The van der Waals surface area contributed by atoms with Gasteiger partial charge in [-0.1, -0.05) is 41.9 Å². The molecule has 4 nitrogen and oxygen atoms in total. The first kappa shape index (κ1) is 16.2. The van der Waals surface area contributed by atoms with E-state index in [4.69, 9.17) is 26.2 Å². The van der Waals surface area contributed by atoms with Gasteiger partial charge in [0, 0.05) is 6.42 Å². The molecule has 0 fully saturated rings. The molecule has 0 radical (unpaired) electrons. The molecular formula is C17H17ClO4. The molecule has 0 aliphatic heterocycles. The Kier molecular flexibility index (Phi) is 5.67. The van der Waals surface area contributed by atoms with Crippen LogP contribution >= 0.6 is 11.6 Å². The molecule has 0 atom stereocenters. The summed E-state index contributed by atoms with van der Waals surface area (Å²) in [7, 11) is 0. The summed E-state index contributed by atoms with van der Waals surface area (Å²) in [6, 6.07) is 12.7. The number of ether oxygens (including phenoxy) is 2. The molecule has 1 N–H and O–H groups in total. The highest BCUT2D eigenvalue weighted by Gasteiger charge is 2.15. The number of hydrogen-bond donors (Lipinski definition) is 1. The summed E-state index contributed by atoms with van der Waals surface area (Å²) < 4.78 is 11.1. The van der Waals surface area contributed by atoms with E-state index in [0.29, 0.717) is 24.7 Å². The van der Waals surface area contributed by atoms with Crippen molar-refractivity contribution in [2.24, 2.45) is 0 Å². The maximum atomic E-state index is 11.1. The number of benzene rings is 2. The van der Waals surface area contributed by atoms with Gasteiger partial charge in [0.1, 0.15) is 0 Å². The van der Waals surface area contributed by atoms with Crippen molar-refractivity contribution in [2.75, 3.05) is 13.2 Å². The first-order valence-corrected chi connectivity index (χ1v) is 7.36. The quantitative estimate of drug-likeness (QED) is 0.836. The van der Waals surface area contributed by atoms with Gasteiger partial charge in [0.25, 0.3) is 0 Å². The Labute approximate surface area is 134 Å². The average Bonchev–Trinajstić information content (AvgIpc) is 2.50. The minimum atomic E-state index is -1.06. The molecule has 0 spiro atoms. The Balaban J connectivity index is 2.13. The highest BCUT2D eigenvalue weighted by molar-refractivity contribution is 6.32. The monoisotopic (exact) mass is 320 g/mol. The lowest BCUT2D eigenvalue weighted by molar-refractivity contribution is 0.0696. The summed E-state index contributed by atoms with van der Waals surface area (Å²) >= 11 is 6.13. The van der Waals surface area contributed by atoms with Crippen molar-refractivity contribution in [3.63, 3.8) is 0 Å². The summed E-state index contributed by atoms with van der Waals surface area (Å²) in [6.07, 6.45) is 0.726. The smallest absolute Gasteiger partial charge is 0.335 e. The number of hydrogen-bond acceptors (Lipinski definition) is 3. The van der Waals surface area contributed by atoms with Crippen LogP contribution in [0.15, 0.2) is 42.5 Å². The van der Waals surface area contributed by atoms with Crippen molar-refractivity contribution in [2.45, 2.75) is 13.3 Å². The molecule has 2 aromatic carbocycles. The fourth-order valence-corrected chi connectivity index (χ4v) is 2.28. The average molecular weight is 321 g/mol. The van der Waals surface area contributed by atoms with Crippen LogP contribution in [0.1, 0.15) is 22.8 Å². The summed E-state index contributed by atoms with van der Waals surface area (Å²) in [5.74, 6) is -0.330. The second kappa shape index (κ2) is 7.71. The summed E-state index contributed by atoms with van der Waals surface area (Å²) in [5.41, 5.74) is 1.22. The Morgan fingerprint density at radius 1 is 1.18 bits per heavy atom. The van der Waals surface area contributed by atoms with E-state index in [1.54, 1.807) is 0 Å². The zero-order valence-electron chi connectivity index (χ0n) is 12.2. The van der Waals surface area contributed by atoms with E-state index in [1.165, 1.54) is 12.1 Å². The van der Waals surface area contributed by atoms with E-state index in [1.807, 2.05) is 37.3 Å². The summed E-state index contributed by atoms with van der Waals surface area (Å²) in [5, 5.41) is 9.30. The number of carboxylic acid groups (broad SMARTS) is 1. The van der Waals surface area contributed by atoms with E-state index < -0.39 is 5.97 Å². The fraction of sp³-hybridized carbons (Fsp3) is 0.235. The van der Waals surface area contributed by atoms with E-state index >= 15 is 0 Å². The van der Waals surface area contributed by atoms with E-state index in [9.17, 15) is 4.79 Å². The van der Waals surface area contributed by atoms with Crippen LogP contribution in [0.5, 0.6) is 11.5 Å². The zero-order chi connectivity index (χ0) is 15.9. The number of carbonyl (C=O) groups is 1. The Bertz CT molecular complexity index is 641. The Morgan fingerprint density at radius 2 is 1.91 bits per heavy atom. The third-order valence-corrected chi connectivity index (χ3v) is 3.32. The molecule has 0 heterocycles. The topological polar surface area (TPSA) is 55.8 Å². The minimum Gasteiger partial charge on any atom is -0.490 e. The van der Waals surface area contributed by atoms with Crippen LogP contribution < -0.4 is 9.47 Å². The van der Waals surface area contributed by atoms with Crippen molar-refractivity contribution < 1.29 is 19.4 Å². The predicted octanol–water partition coefficient (Wildman–Crippen LogP) is 4.06. The molecule has 116 valence electrons. The first-order chi connectivity index (χ1) is 10.6. The van der Waals surface area contributed by atoms with Crippen molar-refractivity contribution in [3.05, 3.63) is 58.6 Å². The largest absolute Gasteiger partial charge is 0.490 e. The van der Waals surface area contributed by atoms with Gasteiger partial charge in [0.05, 0.1) is 23.8 Å². The SMILES string of the molecule is CCOc1cc(C(=O)O)cc(Cl)c1OCCc1ccccc1. The van der Waals surface area contributed by atoms with E-state index in [0.717, 1.165) is 12.0 Å². The molecule has 0 aliphatic carbocycles. The molecule has 0 saturated carbocycles. The third-order valence-electron chi connectivity index (χ3n) is 3.04.